The number of rotatable bonds is 6. The molecule has 0 aromatic rings. The molecule has 0 bridgehead atoms. The zero-order chi connectivity index (χ0) is 14.4. The van der Waals surface area contributed by atoms with Crippen LogP contribution in [0.25, 0.3) is 0 Å². The van der Waals surface area contributed by atoms with E-state index in [0.29, 0.717) is 0 Å². The minimum atomic E-state index is -4.57. The topological polar surface area (TPSA) is 52.6 Å². The van der Waals surface area contributed by atoms with Gasteiger partial charge in [-0.25, -0.2) is 0 Å². The molecule has 0 aromatic heterocycles. The number of halogens is 3. The maximum Gasteiger partial charge on any atom is 0.422 e. The van der Waals surface area contributed by atoms with Gasteiger partial charge in [-0.05, 0) is 20.3 Å². The van der Waals surface area contributed by atoms with Crippen LogP contribution in [0.3, 0.4) is 0 Å². The largest absolute Gasteiger partial charge is 0.466 e. The van der Waals surface area contributed by atoms with Crippen molar-refractivity contribution < 1.29 is 32.2 Å². The quantitative estimate of drug-likeness (QED) is 0.696. The van der Waals surface area contributed by atoms with Gasteiger partial charge in [0, 0.05) is 0 Å². The molecule has 0 amide bonds. The first-order valence-electron chi connectivity index (χ1n) is 5.54. The summed E-state index contributed by atoms with van der Waals surface area (Å²) in [7, 11) is 0. The van der Waals surface area contributed by atoms with Crippen molar-refractivity contribution in [3.63, 3.8) is 0 Å². The maximum atomic E-state index is 11.8. The average molecular weight is 270 g/mol. The molecule has 0 saturated carbocycles. The van der Waals surface area contributed by atoms with Gasteiger partial charge in [0.25, 0.3) is 0 Å². The van der Waals surface area contributed by atoms with Gasteiger partial charge in [-0.3, -0.25) is 9.59 Å². The molecule has 0 rings (SSSR count). The first kappa shape index (κ1) is 16.7. The number of esters is 2. The van der Waals surface area contributed by atoms with E-state index in [1.165, 1.54) is 6.92 Å². The lowest BCUT2D eigenvalue weighted by Gasteiger charge is -2.24. The van der Waals surface area contributed by atoms with Crippen molar-refractivity contribution in [1.29, 1.82) is 0 Å². The summed E-state index contributed by atoms with van der Waals surface area (Å²) in [4.78, 5) is 22.8. The summed E-state index contributed by atoms with van der Waals surface area (Å²) < 4.78 is 44.4. The second-order valence-electron chi connectivity index (χ2n) is 4.09. The van der Waals surface area contributed by atoms with Crippen LogP contribution >= 0.6 is 0 Å². The fraction of sp³-hybridized carbons (Fsp3) is 0.818. The van der Waals surface area contributed by atoms with E-state index in [2.05, 4.69) is 4.74 Å². The summed E-state index contributed by atoms with van der Waals surface area (Å²) in [5.41, 5.74) is -1.15. The third kappa shape index (κ3) is 5.88. The Morgan fingerprint density at radius 2 is 1.67 bits per heavy atom. The molecular weight excluding hydrogens is 253 g/mol. The molecule has 0 radical (unpaired) electrons. The van der Waals surface area contributed by atoms with E-state index >= 15 is 0 Å². The second-order valence-corrected chi connectivity index (χ2v) is 4.09. The predicted molar refractivity (Wildman–Crippen MR) is 56.7 cm³/mol. The first-order valence-corrected chi connectivity index (χ1v) is 5.54. The molecule has 0 heterocycles. The van der Waals surface area contributed by atoms with E-state index < -0.39 is 36.6 Å². The molecular formula is C11H17F3O4. The van der Waals surface area contributed by atoms with Crippen molar-refractivity contribution in [2.45, 2.75) is 39.8 Å². The standard InChI is InChI=1S/C11H17F3O4/c1-4-10(3,9(16)17-5-2)6-8(15)18-7-11(12,13)14/h4-7H2,1-3H3. The number of ether oxygens (including phenoxy) is 2. The summed E-state index contributed by atoms with van der Waals surface area (Å²) in [5, 5.41) is 0. The monoisotopic (exact) mass is 270 g/mol. The van der Waals surface area contributed by atoms with Gasteiger partial charge in [0.1, 0.15) is 0 Å². The van der Waals surface area contributed by atoms with Gasteiger partial charge in [0.15, 0.2) is 6.61 Å². The lowest BCUT2D eigenvalue weighted by molar-refractivity contribution is -0.189. The third-order valence-electron chi connectivity index (χ3n) is 2.48. The molecule has 0 aliphatic heterocycles. The van der Waals surface area contributed by atoms with E-state index in [9.17, 15) is 22.8 Å². The highest BCUT2D eigenvalue weighted by molar-refractivity contribution is 5.83. The molecule has 1 unspecified atom stereocenters. The zero-order valence-corrected chi connectivity index (χ0v) is 10.6. The Kier molecular flexibility index (Phi) is 6.14. The van der Waals surface area contributed by atoms with Crippen molar-refractivity contribution in [1.82, 2.24) is 0 Å². The van der Waals surface area contributed by atoms with Crippen molar-refractivity contribution in [3.05, 3.63) is 0 Å². The minimum absolute atomic E-state index is 0.145. The third-order valence-corrected chi connectivity index (χ3v) is 2.48. The van der Waals surface area contributed by atoms with Crippen molar-refractivity contribution >= 4 is 11.9 Å². The maximum absolute atomic E-state index is 11.8. The fourth-order valence-electron chi connectivity index (χ4n) is 1.18. The normalized spacial score (nSPS) is 14.8. The van der Waals surface area contributed by atoms with Crippen molar-refractivity contribution in [2.75, 3.05) is 13.2 Å². The van der Waals surface area contributed by atoms with Gasteiger partial charge in [0.2, 0.25) is 0 Å². The molecule has 18 heavy (non-hydrogen) atoms. The fourth-order valence-corrected chi connectivity index (χ4v) is 1.18. The van der Waals surface area contributed by atoms with Crippen LogP contribution in [0.2, 0.25) is 0 Å². The summed E-state index contributed by atoms with van der Waals surface area (Å²) in [6, 6.07) is 0. The van der Waals surface area contributed by atoms with Gasteiger partial charge in [-0.15, -0.1) is 0 Å². The van der Waals surface area contributed by atoms with Gasteiger partial charge in [0.05, 0.1) is 18.4 Å². The van der Waals surface area contributed by atoms with Crippen LogP contribution in [-0.4, -0.2) is 31.3 Å². The van der Waals surface area contributed by atoms with Crippen LogP contribution in [-0.2, 0) is 19.1 Å². The summed E-state index contributed by atoms with van der Waals surface area (Å²) in [6.07, 6.45) is -4.73. The smallest absolute Gasteiger partial charge is 0.422 e. The Bertz CT molecular complexity index is 301. The van der Waals surface area contributed by atoms with Gasteiger partial charge >= 0.3 is 18.1 Å². The highest BCUT2D eigenvalue weighted by Crippen LogP contribution is 2.28. The molecule has 1 atom stereocenters. The van der Waals surface area contributed by atoms with Gasteiger partial charge in [-0.2, -0.15) is 13.2 Å². The van der Waals surface area contributed by atoms with E-state index in [-0.39, 0.29) is 13.0 Å². The SMILES string of the molecule is CCOC(=O)C(C)(CC)CC(=O)OCC(F)(F)F. The lowest BCUT2D eigenvalue weighted by Crippen LogP contribution is -2.33. The van der Waals surface area contributed by atoms with E-state index in [1.54, 1.807) is 13.8 Å². The van der Waals surface area contributed by atoms with Crippen molar-refractivity contribution in [2.24, 2.45) is 5.41 Å². The Hall–Kier alpha value is -1.27. The highest BCUT2D eigenvalue weighted by Gasteiger charge is 2.37. The number of carbonyl (C=O) groups excluding carboxylic acids is 2. The first-order chi connectivity index (χ1) is 8.14. The number of hydrogen-bond acceptors (Lipinski definition) is 4. The van der Waals surface area contributed by atoms with Crippen LogP contribution in [0.15, 0.2) is 0 Å². The Balaban J connectivity index is 4.44. The molecule has 0 saturated heterocycles. The molecule has 0 aliphatic carbocycles. The number of carbonyl (C=O) groups is 2. The van der Waals surface area contributed by atoms with E-state index in [1.807, 2.05) is 0 Å². The predicted octanol–water partition coefficient (Wildman–Crippen LogP) is 2.46. The van der Waals surface area contributed by atoms with Crippen LogP contribution in [0, 0.1) is 5.41 Å². The molecule has 0 spiro atoms. The molecule has 0 N–H and O–H groups in total. The van der Waals surface area contributed by atoms with E-state index in [4.69, 9.17) is 4.74 Å². The Morgan fingerprint density at radius 3 is 2.06 bits per heavy atom. The van der Waals surface area contributed by atoms with E-state index in [0.717, 1.165) is 0 Å². The average Bonchev–Trinajstić information content (AvgIpc) is 2.25. The summed E-state index contributed by atoms with van der Waals surface area (Å²) in [6.45, 7) is 3.21. The molecule has 0 fully saturated rings. The molecule has 4 nitrogen and oxygen atoms in total. The Morgan fingerprint density at radius 1 is 1.11 bits per heavy atom. The van der Waals surface area contributed by atoms with Gasteiger partial charge < -0.3 is 9.47 Å². The van der Waals surface area contributed by atoms with Crippen LogP contribution in [0.5, 0.6) is 0 Å². The summed E-state index contributed by atoms with van der Waals surface area (Å²) in [5.74, 6) is -1.68. The zero-order valence-electron chi connectivity index (χ0n) is 10.6. The Labute approximate surface area is 103 Å². The molecule has 7 heteroatoms. The number of hydrogen-bond donors (Lipinski definition) is 0. The molecule has 106 valence electrons. The van der Waals surface area contributed by atoms with Crippen LogP contribution in [0.1, 0.15) is 33.6 Å². The molecule has 0 aromatic carbocycles. The lowest BCUT2D eigenvalue weighted by atomic mass is 9.84. The number of alkyl halides is 3. The van der Waals surface area contributed by atoms with Crippen molar-refractivity contribution in [3.8, 4) is 0 Å². The van der Waals surface area contributed by atoms with Gasteiger partial charge in [-0.1, -0.05) is 6.92 Å². The highest BCUT2D eigenvalue weighted by atomic mass is 19.4. The minimum Gasteiger partial charge on any atom is -0.466 e. The van der Waals surface area contributed by atoms with Crippen LogP contribution in [0.4, 0.5) is 13.2 Å². The van der Waals surface area contributed by atoms with Crippen LogP contribution < -0.4 is 0 Å². The second kappa shape index (κ2) is 6.61. The molecule has 0 aliphatic rings. The summed E-state index contributed by atoms with van der Waals surface area (Å²) >= 11 is 0.